The Hall–Kier alpha value is 0. The van der Waals surface area contributed by atoms with Gasteiger partial charge in [-0.1, -0.05) is 13.8 Å². The Morgan fingerprint density at radius 3 is 2.17 bits per heavy atom. The molecule has 4 saturated carbocycles. The molecule has 0 N–H and O–H groups in total. The monoisotopic (exact) mass is 246 g/mol. The minimum absolute atomic E-state index is 1.04. The van der Waals surface area contributed by atoms with E-state index in [1.807, 2.05) is 0 Å². The predicted octanol–water partition coefficient (Wildman–Crippen LogP) is 5.13. The van der Waals surface area contributed by atoms with Gasteiger partial charge in [-0.05, 0) is 98.7 Å². The van der Waals surface area contributed by atoms with Crippen LogP contribution in [0.2, 0.25) is 0 Å². The highest BCUT2D eigenvalue weighted by Gasteiger charge is 2.48. The fourth-order valence-electron chi connectivity index (χ4n) is 6.60. The van der Waals surface area contributed by atoms with E-state index in [1.54, 1.807) is 51.4 Å². The van der Waals surface area contributed by atoms with Crippen molar-refractivity contribution in [3.8, 4) is 0 Å². The lowest BCUT2D eigenvalue weighted by atomic mass is 9.67. The van der Waals surface area contributed by atoms with Gasteiger partial charge >= 0.3 is 0 Å². The molecule has 102 valence electrons. The molecular formula is C18H30. The Bertz CT molecular complexity index is 318. The molecule has 0 saturated heterocycles. The summed E-state index contributed by atoms with van der Waals surface area (Å²) in [4.78, 5) is 0. The Labute approximate surface area is 113 Å². The van der Waals surface area contributed by atoms with Crippen molar-refractivity contribution in [2.45, 2.75) is 65.2 Å². The van der Waals surface area contributed by atoms with Gasteiger partial charge in [0.2, 0.25) is 0 Å². The molecule has 0 radical (unpaired) electrons. The van der Waals surface area contributed by atoms with Crippen molar-refractivity contribution in [2.24, 2.45) is 47.3 Å². The first-order valence-electron chi connectivity index (χ1n) is 8.72. The van der Waals surface area contributed by atoms with Crippen LogP contribution in [-0.4, -0.2) is 0 Å². The SMILES string of the molecule is CC1CC(CC2C3CCC(C3)C2C)C2CCC1C2. The standard InChI is InChI=1S/C18H30/c1-11-7-17(15-5-3-13(11)8-15)10-18-12(2)14-4-6-16(18)9-14/h11-18H,3-10H2,1-2H3. The molecule has 0 spiro atoms. The van der Waals surface area contributed by atoms with Gasteiger partial charge in [-0.3, -0.25) is 0 Å². The van der Waals surface area contributed by atoms with Crippen molar-refractivity contribution in [1.29, 1.82) is 0 Å². The van der Waals surface area contributed by atoms with Gasteiger partial charge in [0.1, 0.15) is 0 Å². The van der Waals surface area contributed by atoms with Crippen LogP contribution < -0.4 is 0 Å². The number of fused-ring (bicyclic) bond motifs is 4. The molecule has 0 nitrogen and oxygen atoms in total. The van der Waals surface area contributed by atoms with Gasteiger partial charge in [-0.2, -0.15) is 0 Å². The molecule has 0 heterocycles. The second-order valence-corrected chi connectivity index (χ2v) is 8.40. The summed E-state index contributed by atoms with van der Waals surface area (Å²) < 4.78 is 0. The van der Waals surface area contributed by atoms with Crippen molar-refractivity contribution >= 4 is 0 Å². The lowest BCUT2D eigenvalue weighted by molar-refractivity contribution is 0.118. The van der Waals surface area contributed by atoms with E-state index in [1.165, 1.54) is 0 Å². The van der Waals surface area contributed by atoms with E-state index >= 15 is 0 Å². The summed E-state index contributed by atoms with van der Waals surface area (Å²) in [5, 5.41) is 0. The van der Waals surface area contributed by atoms with Crippen LogP contribution in [0.5, 0.6) is 0 Å². The normalized spacial score (nSPS) is 58.3. The average Bonchev–Trinajstić information content (AvgIpc) is 3.03. The number of hydrogen-bond acceptors (Lipinski definition) is 0. The van der Waals surface area contributed by atoms with Gasteiger partial charge in [0.05, 0.1) is 0 Å². The molecule has 4 bridgehead atoms. The molecule has 4 aliphatic rings. The highest BCUT2D eigenvalue weighted by molar-refractivity contribution is 4.98. The van der Waals surface area contributed by atoms with Crippen molar-refractivity contribution < 1.29 is 0 Å². The van der Waals surface area contributed by atoms with Crippen LogP contribution in [0.4, 0.5) is 0 Å². The van der Waals surface area contributed by atoms with Gasteiger partial charge in [0, 0.05) is 0 Å². The Morgan fingerprint density at radius 2 is 1.39 bits per heavy atom. The van der Waals surface area contributed by atoms with Gasteiger partial charge in [0.15, 0.2) is 0 Å². The maximum absolute atomic E-state index is 2.58. The predicted molar refractivity (Wildman–Crippen MR) is 76.2 cm³/mol. The molecule has 8 atom stereocenters. The van der Waals surface area contributed by atoms with Gasteiger partial charge in [0.25, 0.3) is 0 Å². The van der Waals surface area contributed by atoms with E-state index in [9.17, 15) is 0 Å². The fraction of sp³-hybridized carbons (Fsp3) is 1.00. The third-order valence-electron chi connectivity index (χ3n) is 7.77. The van der Waals surface area contributed by atoms with Crippen LogP contribution in [0, 0.1) is 47.3 Å². The van der Waals surface area contributed by atoms with Crippen molar-refractivity contribution in [2.75, 3.05) is 0 Å². The van der Waals surface area contributed by atoms with Gasteiger partial charge < -0.3 is 0 Å². The lowest BCUT2D eigenvalue weighted by Crippen LogP contribution is -2.29. The van der Waals surface area contributed by atoms with E-state index in [4.69, 9.17) is 0 Å². The maximum atomic E-state index is 2.58. The molecule has 0 heteroatoms. The molecule has 0 amide bonds. The first kappa shape index (κ1) is 11.8. The molecule has 0 aromatic rings. The summed E-state index contributed by atoms with van der Waals surface area (Å²) in [5.74, 6) is 8.86. The summed E-state index contributed by atoms with van der Waals surface area (Å²) in [6.45, 7) is 5.13. The zero-order chi connectivity index (χ0) is 12.3. The summed E-state index contributed by atoms with van der Waals surface area (Å²) in [7, 11) is 0. The average molecular weight is 246 g/mol. The van der Waals surface area contributed by atoms with Gasteiger partial charge in [-0.15, -0.1) is 0 Å². The Morgan fingerprint density at radius 1 is 0.722 bits per heavy atom. The molecule has 0 aromatic heterocycles. The zero-order valence-corrected chi connectivity index (χ0v) is 12.3. The molecule has 18 heavy (non-hydrogen) atoms. The summed E-state index contributed by atoms with van der Waals surface area (Å²) >= 11 is 0. The van der Waals surface area contributed by atoms with E-state index in [-0.39, 0.29) is 0 Å². The fourth-order valence-corrected chi connectivity index (χ4v) is 6.60. The van der Waals surface area contributed by atoms with Crippen LogP contribution in [-0.2, 0) is 0 Å². The molecular weight excluding hydrogens is 216 g/mol. The van der Waals surface area contributed by atoms with E-state index in [0.29, 0.717) is 0 Å². The van der Waals surface area contributed by atoms with Crippen LogP contribution in [0.1, 0.15) is 65.2 Å². The van der Waals surface area contributed by atoms with Crippen LogP contribution in [0.3, 0.4) is 0 Å². The highest BCUT2D eigenvalue weighted by Crippen LogP contribution is 2.57. The lowest BCUT2D eigenvalue weighted by Gasteiger charge is -2.38. The van der Waals surface area contributed by atoms with Crippen LogP contribution in [0.15, 0.2) is 0 Å². The third kappa shape index (κ3) is 1.70. The second-order valence-electron chi connectivity index (χ2n) is 8.40. The van der Waals surface area contributed by atoms with Crippen molar-refractivity contribution in [3.05, 3.63) is 0 Å². The molecule has 8 unspecified atom stereocenters. The zero-order valence-electron chi connectivity index (χ0n) is 12.3. The van der Waals surface area contributed by atoms with Gasteiger partial charge in [-0.25, -0.2) is 0 Å². The van der Waals surface area contributed by atoms with E-state index < -0.39 is 0 Å². The molecule has 0 aromatic carbocycles. The van der Waals surface area contributed by atoms with Crippen LogP contribution in [0.25, 0.3) is 0 Å². The van der Waals surface area contributed by atoms with E-state index in [0.717, 1.165) is 47.3 Å². The molecule has 4 rings (SSSR count). The smallest absolute Gasteiger partial charge is 0.0355 e. The third-order valence-corrected chi connectivity index (χ3v) is 7.77. The van der Waals surface area contributed by atoms with Crippen molar-refractivity contribution in [3.63, 3.8) is 0 Å². The maximum Gasteiger partial charge on any atom is -0.0355 e. The largest absolute Gasteiger partial charge is 0.0622 e. The summed E-state index contributed by atoms with van der Waals surface area (Å²) in [5.41, 5.74) is 0. The topological polar surface area (TPSA) is 0 Å². The number of rotatable bonds is 2. The first-order chi connectivity index (χ1) is 8.72. The summed E-state index contributed by atoms with van der Waals surface area (Å²) in [6.07, 6.45) is 12.7. The summed E-state index contributed by atoms with van der Waals surface area (Å²) in [6, 6.07) is 0. The Kier molecular flexibility index (Phi) is 2.79. The minimum Gasteiger partial charge on any atom is -0.0622 e. The van der Waals surface area contributed by atoms with Crippen LogP contribution >= 0.6 is 0 Å². The first-order valence-corrected chi connectivity index (χ1v) is 8.72. The quantitative estimate of drug-likeness (QED) is 0.633. The molecule has 4 fully saturated rings. The van der Waals surface area contributed by atoms with Crippen molar-refractivity contribution in [1.82, 2.24) is 0 Å². The highest BCUT2D eigenvalue weighted by atomic mass is 14.5. The second kappa shape index (κ2) is 4.25. The molecule has 4 aliphatic carbocycles. The van der Waals surface area contributed by atoms with E-state index in [2.05, 4.69) is 13.8 Å². The minimum atomic E-state index is 1.04. The molecule has 0 aliphatic heterocycles. The number of hydrogen-bond donors (Lipinski definition) is 0. The Balaban J connectivity index is 1.45.